The summed E-state index contributed by atoms with van der Waals surface area (Å²) in [6.45, 7) is 5.14. The third-order valence-electron chi connectivity index (χ3n) is 5.67. The molecular weight excluding hydrogens is 423 g/mol. The molecule has 1 fully saturated rings. The monoisotopic (exact) mass is 447 g/mol. The number of hydrogen-bond donors (Lipinski definition) is 0. The molecule has 0 unspecified atom stereocenters. The summed E-state index contributed by atoms with van der Waals surface area (Å²) in [5.41, 5.74) is 0.868. The standard InChI is InChI=1S/C23H24F3N3O3/c1-14(2)11-28-20-9-16(23(24,25)26)7-8-19(20)29(22(28)31)18-6-4-5-17(10-18)27-12-15(13-27)21(30)32-3/h4-10,14-15H,11-13H2,1-3H3. The lowest BCUT2D eigenvalue weighted by atomic mass is 9.99. The molecule has 6 nitrogen and oxygen atoms in total. The Labute approximate surface area is 182 Å². The third-order valence-corrected chi connectivity index (χ3v) is 5.67. The Balaban J connectivity index is 1.79. The molecule has 4 rings (SSSR count). The Morgan fingerprint density at radius 3 is 2.41 bits per heavy atom. The molecular formula is C23H24F3N3O3. The number of esters is 1. The van der Waals surface area contributed by atoms with E-state index in [1.165, 1.54) is 22.3 Å². The maximum atomic E-state index is 13.3. The number of ether oxygens (including phenoxy) is 1. The Morgan fingerprint density at radius 1 is 1.09 bits per heavy atom. The predicted octanol–water partition coefficient (Wildman–Crippen LogP) is 4.08. The smallest absolute Gasteiger partial charge is 0.416 e. The lowest BCUT2D eigenvalue weighted by Crippen LogP contribution is -2.50. The van der Waals surface area contributed by atoms with E-state index < -0.39 is 11.7 Å². The van der Waals surface area contributed by atoms with Gasteiger partial charge in [-0.15, -0.1) is 0 Å². The third kappa shape index (κ3) is 3.87. The van der Waals surface area contributed by atoms with Crippen molar-refractivity contribution in [3.63, 3.8) is 0 Å². The molecule has 0 aliphatic carbocycles. The first-order valence-corrected chi connectivity index (χ1v) is 10.4. The SMILES string of the molecule is COC(=O)C1CN(c2cccc(-n3c(=O)n(CC(C)C)c4cc(C(F)(F)F)ccc43)c2)C1. The Bertz CT molecular complexity index is 1220. The number of rotatable bonds is 5. The molecule has 0 bridgehead atoms. The van der Waals surface area contributed by atoms with Crippen molar-refractivity contribution in [1.29, 1.82) is 0 Å². The number of imidazole rings is 1. The van der Waals surface area contributed by atoms with Gasteiger partial charge in [-0.1, -0.05) is 19.9 Å². The molecule has 32 heavy (non-hydrogen) atoms. The normalized spacial score (nSPS) is 14.8. The van der Waals surface area contributed by atoms with E-state index in [9.17, 15) is 22.8 Å². The molecule has 1 aliphatic heterocycles. The van der Waals surface area contributed by atoms with Gasteiger partial charge in [-0.25, -0.2) is 4.79 Å². The first-order valence-electron chi connectivity index (χ1n) is 10.4. The van der Waals surface area contributed by atoms with Gasteiger partial charge in [0.05, 0.1) is 35.3 Å². The zero-order chi connectivity index (χ0) is 23.2. The zero-order valence-electron chi connectivity index (χ0n) is 18.0. The van der Waals surface area contributed by atoms with Crippen LogP contribution in [-0.2, 0) is 22.3 Å². The minimum Gasteiger partial charge on any atom is -0.469 e. The molecule has 1 aromatic heterocycles. The van der Waals surface area contributed by atoms with Crippen molar-refractivity contribution in [3.8, 4) is 5.69 Å². The van der Waals surface area contributed by atoms with E-state index in [1.54, 1.807) is 12.1 Å². The lowest BCUT2D eigenvalue weighted by Gasteiger charge is -2.39. The second-order valence-electron chi connectivity index (χ2n) is 8.47. The van der Waals surface area contributed by atoms with Gasteiger partial charge in [0.25, 0.3) is 0 Å². The van der Waals surface area contributed by atoms with Crippen molar-refractivity contribution in [2.45, 2.75) is 26.6 Å². The Morgan fingerprint density at radius 2 is 1.78 bits per heavy atom. The van der Waals surface area contributed by atoms with Gasteiger partial charge >= 0.3 is 17.8 Å². The summed E-state index contributed by atoms with van der Waals surface area (Å²) in [7, 11) is 1.36. The predicted molar refractivity (Wildman–Crippen MR) is 115 cm³/mol. The molecule has 0 radical (unpaired) electrons. The molecule has 9 heteroatoms. The van der Waals surface area contributed by atoms with Crippen LogP contribution in [0.4, 0.5) is 18.9 Å². The highest BCUT2D eigenvalue weighted by atomic mass is 19.4. The average Bonchev–Trinajstić information content (AvgIpc) is 2.97. The quantitative estimate of drug-likeness (QED) is 0.554. The molecule has 0 atom stereocenters. The second-order valence-corrected chi connectivity index (χ2v) is 8.47. The fourth-order valence-corrected chi connectivity index (χ4v) is 4.06. The molecule has 0 saturated carbocycles. The first-order chi connectivity index (χ1) is 15.1. The van der Waals surface area contributed by atoms with Crippen LogP contribution in [0.15, 0.2) is 47.3 Å². The number of anilines is 1. The molecule has 0 N–H and O–H groups in total. The topological polar surface area (TPSA) is 56.5 Å². The molecule has 1 aliphatic rings. The number of carbonyl (C=O) groups is 1. The number of halogens is 3. The highest BCUT2D eigenvalue weighted by Gasteiger charge is 2.34. The fourth-order valence-electron chi connectivity index (χ4n) is 4.06. The number of fused-ring (bicyclic) bond motifs is 1. The van der Waals surface area contributed by atoms with Gasteiger partial charge in [0.15, 0.2) is 0 Å². The largest absolute Gasteiger partial charge is 0.469 e. The van der Waals surface area contributed by atoms with Crippen LogP contribution in [0, 0.1) is 11.8 Å². The maximum absolute atomic E-state index is 13.3. The van der Waals surface area contributed by atoms with Crippen LogP contribution in [0.5, 0.6) is 0 Å². The first kappa shape index (κ1) is 22.0. The van der Waals surface area contributed by atoms with Crippen LogP contribution < -0.4 is 10.6 Å². The summed E-state index contributed by atoms with van der Waals surface area (Å²) in [6.07, 6.45) is -4.50. The van der Waals surface area contributed by atoms with E-state index in [4.69, 9.17) is 4.74 Å². The van der Waals surface area contributed by atoms with Crippen molar-refractivity contribution >= 4 is 22.7 Å². The maximum Gasteiger partial charge on any atom is 0.416 e. The minimum absolute atomic E-state index is 0.0731. The summed E-state index contributed by atoms with van der Waals surface area (Å²) < 4.78 is 47.5. The van der Waals surface area contributed by atoms with Gasteiger partial charge in [0, 0.05) is 25.3 Å². The van der Waals surface area contributed by atoms with Crippen molar-refractivity contribution in [1.82, 2.24) is 9.13 Å². The minimum atomic E-state index is -4.50. The number of nitrogens with zero attached hydrogens (tertiary/aromatic N) is 3. The molecule has 1 saturated heterocycles. The molecule has 0 spiro atoms. The van der Waals surface area contributed by atoms with Gasteiger partial charge in [0.1, 0.15) is 0 Å². The Kier molecular flexibility index (Phi) is 5.52. The van der Waals surface area contributed by atoms with Crippen molar-refractivity contribution in [2.24, 2.45) is 11.8 Å². The average molecular weight is 447 g/mol. The number of benzene rings is 2. The highest BCUT2D eigenvalue weighted by molar-refractivity contribution is 5.80. The van der Waals surface area contributed by atoms with Gasteiger partial charge in [-0.3, -0.25) is 13.9 Å². The van der Waals surface area contributed by atoms with E-state index in [0.717, 1.165) is 17.8 Å². The van der Waals surface area contributed by atoms with Crippen LogP contribution in [0.2, 0.25) is 0 Å². The van der Waals surface area contributed by atoms with Crippen LogP contribution in [0.25, 0.3) is 16.7 Å². The van der Waals surface area contributed by atoms with Crippen LogP contribution in [0.1, 0.15) is 19.4 Å². The number of methoxy groups -OCH3 is 1. The van der Waals surface area contributed by atoms with E-state index in [1.807, 2.05) is 30.9 Å². The number of alkyl halides is 3. The van der Waals surface area contributed by atoms with Crippen molar-refractivity contribution in [3.05, 3.63) is 58.5 Å². The lowest BCUT2D eigenvalue weighted by molar-refractivity contribution is -0.146. The summed E-state index contributed by atoms with van der Waals surface area (Å²) >= 11 is 0. The van der Waals surface area contributed by atoms with Gasteiger partial charge in [-0.2, -0.15) is 13.2 Å². The molecule has 170 valence electrons. The van der Waals surface area contributed by atoms with E-state index >= 15 is 0 Å². The molecule has 3 aromatic rings. The molecule has 2 aromatic carbocycles. The number of carbonyl (C=O) groups excluding carboxylic acids is 1. The zero-order valence-corrected chi connectivity index (χ0v) is 18.0. The Hall–Kier alpha value is -3.23. The van der Waals surface area contributed by atoms with Crippen LogP contribution >= 0.6 is 0 Å². The van der Waals surface area contributed by atoms with Crippen molar-refractivity contribution < 1.29 is 22.7 Å². The number of hydrogen-bond acceptors (Lipinski definition) is 4. The molecule has 2 heterocycles. The van der Waals surface area contributed by atoms with E-state index in [-0.39, 0.29) is 29.0 Å². The summed E-state index contributed by atoms with van der Waals surface area (Å²) in [5.74, 6) is -0.380. The summed E-state index contributed by atoms with van der Waals surface area (Å²) in [5, 5.41) is 0. The van der Waals surface area contributed by atoms with Crippen LogP contribution in [-0.4, -0.2) is 35.3 Å². The van der Waals surface area contributed by atoms with Gasteiger partial charge in [-0.05, 0) is 42.3 Å². The van der Waals surface area contributed by atoms with E-state index in [2.05, 4.69) is 0 Å². The second kappa shape index (κ2) is 8.03. The fraction of sp³-hybridized carbons (Fsp3) is 0.391. The van der Waals surface area contributed by atoms with Gasteiger partial charge < -0.3 is 9.64 Å². The van der Waals surface area contributed by atoms with Gasteiger partial charge in [0.2, 0.25) is 0 Å². The molecule has 0 amide bonds. The summed E-state index contributed by atoms with van der Waals surface area (Å²) in [4.78, 5) is 27.0. The van der Waals surface area contributed by atoms with Crippen molar-refractivity contribution in [2.75, 3.05) is 25.1 Å². The highest BCUT2D eigenvalue weighted by Crippen LogP contribution is 2.33. The van der Waals surface area contributed by atoms with Crippen LogP contribution in [0.3, 0.4) is 0 Å². The van der Waals surface area contributed by atoms with E-state index in [0.29, 0.717) is 30.8 Å². The number of aromatic nitrogens is 2. The summed E-state index contributed by atoms with van der Waals surface area (Å²) in [6, 6.07) is 10.6.